The molecule has 7 nitrogen and oxygen atoms in total. The topological polar surface area (TPSA) is 97.8 Å². The highest BCUT2D eigenvalue weighted by atomic mass is 19.4. The molecule has 0 atom stereocenters. The van der Waals surface area contributed by atoms with Gasteiger partial charge in [0.05, 0.1) is 18.2 Å². The molecule has 0 aliphatic rings. The number of rotatable bonds is 5. The number of hydrogen-bond acceptors (Lipinski definition) is 6. The molecule has 3 rings (SSSR count). The molecule has 3 aromatic rings. The number of aromatic hydroxyl groups is 1. The first-order chi connectivity index (χ1) is 14.7. The molecule has 31 heavy (non-hydrogen) atoms. The van der Waals surface area contributed by atoms with E-state index in [0.717, 1.165) is 24.3 Å². The molecule has 0 aliphatic heterocycles. The Balaban J connectivity index is 1.66. The molecule has 0 bridgehead atoms. The van der Waals surface area contributed by atoms with Gasteiger partial charge in [0.25, 0.3) is 5.91 Å². The Morgan fingerprint density at radius 2 is 1.65 bits per heavy atom. The standard InChI is InChI=1S/C21H15F3N2O5/c1-30-16-10-11-25-17(18(16)27)19(28)26-14-6-2-12(3-7-14)20(29)31-15-8-4-13(5-9-15)21(22,23)24/h2-11,27H,1H3,(H,26,28). The predicted molar refractivity (Wildman–Crippen MR) is 103 cm³/mol. The number of methoxy groups -OCH3 is 1. The molecule has 0 unspecified atom stereocenters. The first-order valence-electron chi connectivity index (χ1n) is 8.72. The zero-order valence-electron chi connectivity index (χ0n) is 15.9. The van der Waals surface area contributed by atoms with E-state index in [1.807, 2.05) is 0 Å². The van der Waals surface area contributed by atoms with E-state index in [4.69, 9.17) is 9.47 Å². The van der Waals surface area contributed by atoms with Crippen LogP contribution in [0.15, 0.2) is 60.8 Å². The van der Waals surface area contributed by atoms with E-state index < -0.39 is 29.4 Å². The molecule has 1 amide bonds. The fraction of sp³-hybridized carbons (Fsp3) is 0.0952. The zero-order valence-corrected chi connectivity index (χ0v) is 15.9. The van der Waals surface area contributed by atoms with Crippen molar-refractivity contribution in [2.24, 2.45) is 0 Å². The maximum atomic E-state index is 12.6. The number of nitrogens with zero attached hydrogens (tertiary/aromatic N) is 1. The normalized spacial score (nSPS) is 11.0. The molecule has 2 N–H and O–H groups in total. The highest BCUT2D eigenvalue weighted by Crippen LogP contribution is 2.30. The summed E-state index contributed by atoms with van der Waals surface area (Å²) in [6.45, 7) is 0. The Labute approximate surface area is 174 Å². The van der Waals surface area contributed by atoms with Crippen LogP contribution in [0.2, 0.25) is 0 Å². The number of esters is 1. The second kappa shape index (κ2) is 8.74. The molecule has 10 heteroatoms. The summed E-state index contributed by atoms with van der Waals surface area (Å²) < 4.78 is 47.7. The minimum atomic E-state index is -4.49. The average Bonchev–Trinajstić information content (AvgIpc) is 2.74. The average molecular weight is 432 g/mol. The van der Waals surface area contributed by atoms with Crippen molar-refractivity contribution in [1.82, 2.24) is 4.98 Å². The molecule has 0 spiro atoms. The first kappa shape index (κ1) is 21.6. The van der Waals surface area contributed by atoms with E-state index >= 15 is 0 Å². The molecule has 2 aromatic carbocycles. The maximum Gasteiger partial charge on any atom is 0.416 e. The lowest BCUT2D eigenvalue weighted by Gasteiger charge is -2.10. The molecule has 0 fully saturated rings. The van der Waals surface area contributed by atoms with Crippen molar-refractivity contribution < 1.29 is 37.3 Å². The smallest absolute Gasteiger partial charge is 0.416 e. The Kier molecular flexibility index (Phi) is 6.10. The Morgan fingerprint density at radius 1 is 1.00 bits per heavy atom. The van der Waals surface area contributed by atoms with Crippen LogP contribution in [0, 0.1) is 0 Å². The minimum absolute atomic E-state index is 0.0463. The summed E-state index contributed by atoms with van der Waals surface area (Å²) in [5, 5.41) is 12.5. The predicted octanol–water partition coefficient (Wildman–Crippen LogP) is 4.29. The Bertz CT molecular complexity index is 1100. The lowest BCUT2D eigenvalue weighted by molar-refractivity contribution is -0.137. The van der Waals surface area contributed by atoms with Gasteiger partial charge in [0.15, 0.2) is 17.2 Å². The highest BCUT2D eigenvalue weighted by Gasteiger charge is 2.30. The zero-order chi connectivity index (χ0) is 22.6. The van der Waals surface area contributed by atoms with Gasteiger partial charge >= 0.3 is 12.1 Å². The van der Waals surface area contributed by atoms with Crippen LogP contribution in [0.3, 0.4) is 0 Å². The quantitative estimate of drug-likeness (QED) is 0.461. The van der Waals surface area contributed by atoms with Crippen LogP contribution in [0.4, 0.5) is 18.9 Å². The number of hydrogen-bond donors (Lipinski definition) is 2. The number of halogens is 3. The monoisotopic (exact) mass is 432 g/mol. The molecule has 1 heterocycles. The van der Waals surface area contributed by atoms with Gasteiger partial charge in [-0.05, 0) is 48.5 Å². The number of carbonyl (C=O) groups excluding carboxylic acids is 2. The number of pyridine rings is 1. The number of alkyl halides is 3. The first-order valence-corrected chi connectivity index (χ1v) is 8.72. The molecular formula is C21H15F3N2O5. The number of benzene rings is 2. The van der Waals surface area contributed by atoms with Crippen molar-refractivity contribution in [2.75, 3.05) is 12.4 Å². The van der Waals surface area contributed by atoms with Crippen LogP contribution in [-0.4, -0.2) is 29.1 Å². The van der Waals surface area contributed by atoms with E-state index in [9.17, 15) is 27.9 Å². The van der Waals surface area contributed by atoms with Crippen LogP contribution in [0.1, 0.15) is 26.4 Å². The van der Waals surface area contributed by atoms with Gasteiger partial charge in [0, 0.05) is 18.0 Å². The van der Waals surface area contributed by atoms with Crippen LogP contribution in [0.25, 0.3) is 0 Å². The second-order valence-electron chi connectivity index (χ2n) is 6.15. The van der Waals surface area contributed by atoms with Crippen molar-refractivity contribution in [1.29, 1.82) is 0 Å². The SMILES string of the molecule is COc1ccnc(C(=O)Nc2ccc(C(=O)Oc3ccc(C(F)(F)F)cc3)cc2)c1O. The van der Waals surface area contributed by atoms with Gasteiger partial charge in [-0.1, -0.05) is 0 Å². The third-order valence-corrected chi connectivity index (χ3v) is 4.09. The van der Waals surface area contributed by atoms with Gasteiger partial charge in [-0.15, -0.1) is 0 Å². The number of carbonyl (C=O) groups is 2. The van der Waals surface area contributed by atoms with Crippen molar-refractivity contribution in [3.8, 4) is 17.2 Å². The number of aromatic nitrogens is 1. The van der Waals surface area contributed by atoms with Crippen molar-refractivity contribution in [2.45, 2.75) is 6.18 Å². The molecule has 0 aliphatic carbocycles. The van der Waals surface area contributed by atoms with Crippen molar-refractivity contribution in [3.05, 3.63) is 77.6 Å². The van der Waals surface area contributed by atoms with Crippen LogP contribution >= 0.6 is 0 Å². The van der Waals surface area contributed by atoms with Crippen LogP contribution in [-0.2, 0) is 6.18 Å². The van der Waals surface area contributed by atoms with E-state index in [-0.39, 0.29) is 22.8 Å². The summed E-state index contributed by atoms with van der Waals surface area (Å²) in [6.07, 6.45) is -3.19. The molecule has 160 valence electrons. The lowest BCUT2D eigenvalue weighted by Crippen LogP contribution is -2.14. The summed E-state index contributed by atoms with van der Waals surface area (Å²) >= 11 is 0. The second-order valence-corrected chi connectivity index (χ2v) is 6.15. The van der Waals surface area contributed by atoms with E-state index in [0.29, 0.717) is 5.69 Å². The van der Waals surface area contributed by atoms with Gasteiger partial charge in [-0.2, -0.15) is 13.2 Å². The molecule has 0 saturated carbocycles. The van der Waals surface area contributed by atoms with Gasteiger partial charge in [-0.25, -0.2) is 9.78 Å². The maximum absolute atomic E-state index is 12.6. The number of amides is 1. The van der Waals surface area contributed by atoms with E-state index in [1.165, 1.54) is 43.6 Å². The largest absolute Gasteiger partial charge is 0.503 e. The number of nitrogens with one attached hydrogen (secondary N) is 1. The van der Waals surface area contributed by atoms with Crippen molar-refractivity contribution in [3.63, 3.8) is 0 Å². The van der Waals surface area contributed by atoms with Gasteiger partial charge in [-0.3, -0.25) is 4.79 Å². The fourth-order valence-electron chi connectivity index (χ4n) is 2.53. The molecule has 1 aromatic heterocycles. The fourth-order valence-corrected chi connectivity index (χ4v) is 2.53. The third kappa shape index (κ3) is 5.10. The number of anilines is 1. The van der Waals surface area contributed by atoms with Crippen LogP contribution < -0.4 is 14.8 Å². The molecular weight excluding hydrogens is 417 g/mol. The number of ether oxygens (including phenoxy) is 2. The van der Waals surface area contributed by atoms with E-state index in [1.54, 1.807) is 0 Å². The summed E-state index contributed by atoms with van der Waals surface area (Å²) in [6, 6.07) is 10.7. The summed E-state index contributed by atoms with van der Waals surface area (Å²) in [4.78, 5) is 28.3. The van der Waals surface area contributed by atoms with E-state index in [2.05, 4.69) is 10.3 Å². The summed E-state index contributed by atoms with van der Waals surface area (Å²) in [5.74, 6) is -1.86. The summed E-state index contributed by atoms with van der Waals surface area (Å²) in [5.41, 5.74) is -0.686. The minimum Gasteiger partial charge on any atom is -0.503 e. The Morgan fingerprint density at radius 3 is 2.23 bits per heavy atom. The Hall–Kier alpha value is -4.08. The van der Waals surface area contributed by atoms with Crippen molar-refractivity contribution >= 4 is 17.6 Å². The van der Waals surface area contributed by atoms with Gasteiger partial charge in [0.1, 0.15) is 5.75 Å². The summed E-state index contributed by atoms with van der Waals surface area (Å²) in [7, 11) is 1.33. The van der Waals surface area contributed by atoms with Gasteiger partial charge in [0.2, 0.25) is 0 Å². The highest BCUT2D eigenvalue weighted by molar-refractivity contribution is 6.05. The van der Waals surface area contributed by atoms with Gasteiger partial charge < -0.3 is 19.9 Å². The molecule has 0 saturated heterocycles. The lowest BCUT2D eigenvalue weighted by atomic mass is 10.2. The third-order valence-electron chi connectivity index (χ3n) is 4.09. The van der Waals surface area contributed by atoms with Crippen LogP contribution in [0.5, 0.6) is 17.2 Å². The molecule has 0 radical (unpaired) electrons.